The number of nitrogens with zero attached hydrogens (tertiary/aromatic N) is 4. The summed E-state index contributed by atoms with van der Waals surface area (Å²) in [4.78, 5) is 42.5. The summed E-state index contributed by atoms with van der Waals surface area (Å²) < 4.78 is 7.61. The van der Waals surface area contributed by atoms with Crippen LogP contribution in [0.15, 0.2) is 72.1 Å². The predicted octanol–water partition coefficient (Wildman–Crippen LogP) is 5.05. The summed E-state index contributed by atoms with van der Waals surface area (Å²) in [5.74, 6) is -0.793. The van der Waals surface area contributed by atoms with Crippen LogP contribution in [0.4, 0.5) is 0 Å². The zero-order valence-corrected chi connectivity index (χ0v) is 24.6. The highest BCUT2D eigenvalue weighted by Crippen LogP contribution is 2.28. The Morgan fingerprint density at radius 1 is 0.976 bits per heavy atom. The van der Waals surface area contributed by atoms with Crippen molar-refractivity contribution < 1.29 is 29.3 Å². The second-order valence-electron chi connectivity index (χ2n) is 10.4. The highest BCUT2D eigenvalue weighted by atomic mass is 32.2. The van der Waals surface area contributed by atoms with Gasteiger partial charge in [-0.25, -0.2) is 14.6 Å². The summed E-state index contributed by atoms with van der Waals surface area (Å²) in [7, 11) is 1.68. The first kappa shape index (κ1) is 30.6. The quantitative estimate of drug-likeness (QED) is 0.224. The normalized spacial score (nSPS) is 16.4. The van der Waals surface area contributed by atoms with Gasteiger partial charge in [0.15, 0.2) is 5.16 Å². The second kappa shape index (κ2) is 14.0. The van der Waals surface area contributed by atoms with Gasteiger partial charge in [-0.05, 0) is 59.7 Å². The van der Waals surface area contributed by atoms with Crippen molar-refractivity contribution in [3.8, 4) is 5.75 Å². The largest absolute Gasteiger partial charge is 0.497 e. The minimum atomic E-state index is -1.82. The second-order valence-corrected chi connectivity index (χ2v) is 11.4. The van der Waals surface area contributed by atoms with Gasteiger partial charge in [-0.15, -0.1) is 0 Å². The average molecular weight is 591 g/mol. The number of rotatable bonds is 7. The monoisotopic (exact) mass is 590 g/mol. The molecule has 220 valence electrons. The van der Waals surface area contributed by atoms with E-state index in [1.807, 2.05) is 41.4 Å². The molecule has 11 heteroatoms. The summed E-state index contributed by atoms with van der Waals surface area (Å²) in [5, 5.41) is 15.7. The number of hydrogen-bond acceptors (Lipinski definition) is 7. The van der Waals surface area contributed by atoms with Gasteiger partial charge < -0.3 is 24.4 Å². The van der Waals surface area contributed by atoms with Gasteiger partial charge >= 0.3 is 11.9 Å². The third kappa shape index (κ3) is 7.88. The van der Waals surface area contributed by atoms with Crippen molar-refractivity contribution in [2.24, 2.45) is 11.8 Å². The number of ether oxygens (including phenoxy) is 1. The molecule has 2 atom stereocenters. The molecule has 2 N–H and O–H groups in total. The van der Waals surface area contributed by atoms with Crippen molar-refractivity contribution in [1.29, 1.82) is 0 Å². The van der Waals surface area contributed by atoms with Gasteiger partial charge in [-0.2, -0.15) is 0 Å². The van der Waals surface area contributed by atoms with E-state index < -0.39 is 11.9 Å². The molecule has 2 aromatic heterocycles. The van der Waals surface area contributed by atoms with Crippen molar-refractivity contribution >= 4 is 40.6 Å². The predicted molar refractivity (Wildman–Crippen MR) is 160 cm³/mol. The molecule has 0 aliphatic carbocycles. The number of piperidine rings is 1. The van der Waals surface area contributed by atoms with Gasteiger partial charge in [-0.3, -0.25) is 9.78 Å². The number of methoxy groups -OCH3 is 1. The van der Waals surface area contributed by atoms with Gasteiger partial charge in [0.05, 0.1) is 30.9 Å². The number of pyridine rings is 1. The van der Waals surface area contributed by atoms with Crippen molar-refractivity contribution in [2.45, 2.75) is 37.7 Å². The smallest absolute Gasteiger partial charge is 0.414 e. The first-order valence-corrected chi connectivity index (χ1v) is 14.5. The molecule has 1 aliphatic rings. The van der Waals surface area contributed by atoms with Crippen LogP contribution in [0, 0.1) is 11.8 Å². The molecule has 1 aliphatic heterocycles. The third-order valence-corrected chi connectivity index (χ3v) is 7.95. The lowest BCUT2D eigenvalue weighted by Crippen LogP contribution is -2.42. The summed E-state index contributed by atoms with van der Waals surface area (Å²) in [6.45, 7) is 6.84. The van der Waals surface area contributed by atoms with Crippen LogP contribution in [-0.2, 0) is 21.9 Å². The van der Waals surface area contributed by atoms with Crippen molar-refractivity contribution in [2.75, 3.05) is 20.2 Å². The highest BCUT2D eigenvalue weighted by molar-refractivity contribution is 7.98. The number of hydrogen-bond donors (Lipinski definition) is 2. The number of fused-ring (bicyclic) bond motifs is 1. The first-order chi connectivity index (χ1) is 20.1. The molecule has 5 rings (SSSR count). The number of carbonyl (C=O) groups is 3. The van der Waals surface area contributed by atoms with Crippen LogP contribution in [0.3, 0.4) is 0 Å². The maximum absolute atomic E-state index is 13.0. The lowest BCUT2D eigenvalue weighted by molar-refractivity contribution is -0.159. The summed E-state index contributed by atoms with van der Waals surface area (Å²) in [6.07, 6.45) is 4.84. The lowest BCUT2D eigenvalue weighted by Gasteiger charge is -2.35. The third-order valence-electron chi connectivity index (χ3n) is 6.90. The Kier molecular flexibility index (Phi) is 10.2. The number of carbonyl (C=O) groups excluding carboxylic acids is 1. The number of benzene rings is 2. The van der Waals surface area contributed by atoms with Crippen LogP contribution in [0.1, 0.15) is 41.8 Å². The van der Waals surface area contributed by atoms with E-state index in [1.54, 1.807) is 25.1 Å². The van der Waals surface area contributed by atoms with Crippen LogP contribution in [0.5, 0.6) is 5.75 Å². The fourth-order valence-electron chi connectivity index (χ4n) is 5.07. The molecular formula is C31H34N4O6S. The number of carboxylic acids is 2. The Bertz CT molecular complexity index is 1530. The minimum absolute atomic E-state index is 0.139. The van der Waals surface area contributed by atoms with E-state index in [9.17, 15) is 4.79 Å². The molecular weight excluding hydrogens is 556 g/mol. The summed E-state index contributed by atoms with van der Waals surface area (Å²) >= 11 is 1.70. The highest BCUT2D eigenvalue weighted by Gasteiger charge is 2.26. The Labute approximate surface area is 248 Å². The zero-order chi connectivity index (χ0) is 30.2. The maximum Gasteiger partial charge on any atom is 0.414 e. The summed E-state index contributed by atoms with van der Waals surface area (Å²) in [5.41, 5.74) is 5.01. The number of likely N-dealkylation sites (tertiary alicyclic amines) is 1. The van der Waals surface area contributed by atoms with Crippen LogP contribution in [0.2, 0.25) is 0 Å². The Morgan fingerprint density at radius 3 is 2.31 bits per heavy atom. The fraction of sp³-hybridized carbons (Fsp3) is 0.323. The molecule has 3 heterocycles. The van der Waals surface area contributed by atoms with E-state index in [2.05, 4.69) is 47.7 Å². The molecule has 4 aromatic rings. The Hall–Kier alpha value is -4.38. The van der Waals surface area contributed by atoms with Crippen LogP contribution in [-0.4, -0.2) is 67.7 Å². The zero-order valence-electron chi connectivity index (χ0n) is 23.8. The van der Waals surface area contributed by atoms with E-state index in [-0.39, 0.29) is 5.91 Å². The van der Waals surface area contributed by atoms with Gasteiger partial charge in [0.2, 0.25) is 0 Å². The molecule has 42 heavy (non-hydrogen) atoms. The average Bonchev–Trinajstić information content (AvgIpc) is 3.32. The van der Waals surface area contributed by atoms with Gasteiger partial charge in [-0.1, -0.05) is 49.9 Å². The maximum atomic E-state index is 13.0. The van der Waals surface area contributed by atoms with Crippen molar-refractivity contribution in [3.05, 3.63) is 83.7 Å². The molecule has 0 saturated carbocycles. The number of thioether (sulfide) groups is 1. The van der Waals surface area contributed by atoms with E-state index in [0.717, 1.165) is 57.5 Å². The number of aromatic nitrogens is 3. The molecule has 1 amide bonds. The van der Waals surface area contributed by atoms with Crippen molar-refractivity contribution in [3.63, 3.8) is 0 Å². The molecule has 1 fully saturated rings. The molecule has 0 spiro atoms. The van der Waals surface area contributed by atoms with Gasteiger partial charge in [0.25, 0.3) is 5.91 Å². The number of carboxylic acid groups (broad SMARTS) is 2. The van der Waals surface area contributed by atoms with Crippen LogP contribution < -0.4 is 4.74 Å². The van der Waals surface area contributed by atoms with Gasteiger partial charge in [0, 0.05) is 30.6 Å². The van der Waals surface area contributed by atoms with E-state index >= 15 is 0 Å². The van der Waals surface area contributed by atoms with E-state index in [1.165, 1.54) is 6.42 Å². The topological polar surface area (TPSA) is 135 Å². The number of amides is 1. The molecule has 0 radical (unpaired) electrons. The van der Waals surface area contributed by atoms with Crippen molar-refractivity contribution in [1.82, 2.24) is 19.4 Å². The lowest BCUT2D eigenvalue weighted by atomic mass is 9.91. The van der Waals surface area contributed by atoms with E-state index in [0.29, 0.717) is 18.4 Å². The van der Waals surface area contributed by atoms with E-state index in [4.69, 9.17) is 29.5 Å². The molecule has 10 nitrogen and oxygen atoms in total. The summed E-state index contributed by atoms with van der Waals surface area (Å²) in [6, 6.07) is 18.1. The standard InChI is InChI=1S/C29H32N4O2S.C2H2O4/c1-20-13-21(2)17-32(16-20)28(34)24-9-7-22(8-10-24)19-36-29-31-26-11-12-30-15-27(26)33(29)18-23-5-4-6-25(14-23)35-3;3-1(4)2(5)6/h4-12,14-15,20-21H,13,16-19H2,1-3H3;(H,3,4)(H,5,6). The fourth-order valence-corrected chi connectivity index (χ4v) is 6.04. The first-order valence-electron chi connectivity index (χ1n) is 13.5. The van der Waals surface area contributed by atoms with Crippen LogP contribution in [0.25, 0.3) is 11.0 Å². The van der Waals surface area contributed by atoms with Gasteiger partial charge in [0.1, 0.15) is 5.75 Å². The molecule has 2 aromatic carbocycles. The minimum Gasteiger partial charge on any atom is -0.497 e. The SMILES string of the molecule is COc1cccc(Cn2c(SCc3ccc(C(=O)N4CC(C)CC(C)C4)cc3)nc3ccncc32)c1.O=C(O)C(=O)O. The molecule has 2 unspecified atom stereocenters. The van der Waals surface area contributed by atoms with Crippen LogP contribution >= 0.6 is 11.8 Å². The number of aliphatic carboxylic acids is 2. The number of imidazole rings is 1. The molecule has 1 saturated heterocycles. The Morgan fingerprint density at radius 2 is 1.67 bits per heavy atom. The Balaban J connectivity index is 0.000000612. The molecule has 0 bridgehead atoms.